The smallest absolute Gasteiger partial charge is 0.123 e. The van der Waals surface area contributed by atoms with Crippen molar-refractivity contribution in [1.82, 2.24) is 5.32 Å². The van der Waals surface area contributed by atoms with E-state index in [2.05, 4.69) is 28.2 Å². The fraction of sp³-hybridized carbons (Fsp3) is 0.333. The first-order valence-corrected chi connectivity index (χ1v) is 7.19. The van der Waals surface area contributed by atoms with Crippen LogP contribution in [0, 0.1) is 5.82 Å². The molecule has 0 aliphatic carbocycles. The zero-order valence-corrected chi connectivity index (χ0v) is 12.4. The molecule has 1 heterocycles. The predicted molar refractivity (Wildman–Crippen MR) is 77.5 cm³/mol. The van der Waals surface area contributed by atoms with Crippen molar-refractivity contribution in [3.63, 3.8) is 0 Å². The Hall–Kier alpha value is -1.13. The average molecular weight is 326 g/mol. The van der Waals surface area contributed by atoms with E-state index in [4.69, 9.17) is 4.42 Å². The average Bonchev–Trinajstić information content (AvgIpc) is 2.92. The summed E-state index contributed by atoms with van der Waals surface area (Å²) in [5, 5.41) is 3.46. The van der Waals surface area contributed by atoms with Gasteiger partial charge >= 0.3 is 0 Å². The van der Waals surface area contributed by atoms with Gasteiger partial charge in [-0.3, -0.25) is 0 Å². The molecule has 2 rings (SSSR count). The van der Waals surface area contributed by atoms with Crippen LogP contribution in [0.3, 0.4) is 0 Å². The van der Waals surface area contributed by atoms with E-state index >= 15 is 0 Å². The summed E-state index contributed by atoms with van der Waals surface area (Å²) in [6, 6.07) is 6.86. The maximum atomic E-state index is 13.3. The second kappa shape index (κ2) is 6.87. The molecular formula is C15H17BrFNO. The van der Waals surface area contributed by atoms with Gasteiger partial charge in [0.15, 0.2) is 0 Å². The standard InChI is InChI=1S/C15H17BrFNO/c1-2-6-18-15(11-5-7-19-10-11)9-12-8-13(17)3-4-14(12)16/h3-5,7-8,10,15,18H,2,6,9H2,1H3. The Kier molecular flexibility index (Phi) is 5.16. The summed E-state index contributed by atoms with van der Waals surface area (Å²) in [5.74, 6) is -0.209. The molecule has 0 aliphatic heterocycles. The predicted octanol–water partition coefficient (Wildman–Crippen LogP) is 4.46. The lowest BCUT2D eigenvalue weighted by molar-refractivity contribution is 0.510. The van der Waals surface area contributed by atoms with Crippen LogP contribution in [0.5, 0.6) is 0 Å². The van der Waals surface area contributed by atoms with Crippen LogP contribution in [-0.2, 0) is 6.42 Å². The molecule has 2 nitrogen and oxygen atoms in total. The summed E-state index contributed by atoms with van der Waals surface area (Å²) in [5.41, 5.74) is 2.04. The molecule has 1 aromatic carbocycles. The van der Waals surface area contributed by atoms with Crippen molar-refractivity contribution >= 4 is 15.9 Å². The van der Waals surface area contributed by atoms with Gasteiger partial charge in [0.1, 0.15) is 5.82 Å². The molecule has 0 radical (unpaired) electrons. The maximum Gasteiger partial charge on any atom is 0.123 e. The van der Waals surface area contributed by atoms with E-state index in [0.29, 0.717) is 0 Å². The van der Waals surface area contributed by atoms with Crippen LogP contribution in [0.15, 0.2) is 45.7 Å². The molecule has 0 spiro atoms. The van der Waals surface area contributed by atoms with E-state index in [1.807, 2.05) is 6.07 Å². The van der Waals surface area contributed by atoms with Gasteiger partial charge < -0.3 is 9.73 Å². The number of rotatable bonds is 6. The molecule has 19 heavy (non-hydrogen) atoms. The molecule has 1 unspecified atom stereocenters. The van der Waals surface area contributed by atoms with Gasteiger partial charge in [0.2, 0.25) is 0 Å². The first kappa shape index (κ1) is 14.3. The minimum absolute atomic E-state index is 0.136. The summed E-state index contributed by atoms with van der Waals surface area (Å²) in [4.78, 5) is 0. The van der Waals surface area contributed by atoms with Gasteiger partial charge in [0.25, 0.3) is 0 Å². The molecule has 0 fully saturated rings. The minimum atomic E-state index is -0.209. The third-order valence-electron chi connectivity index (χ3n) is 3.02. The van der Waals surface area contributed by atoms with Crippen molar-refractivity contribution in [1.29, 1.82) is 0 Å². The van der Waals surface area contributed by atoms with Crippen LogP contribution in [0.25, 0.3) is 0 Å². The van der Waals surface area contributed by atoms with Crippen molar-refractivity contribution in [3.8, 4) is 0 Å². The van der Waals surface area contributed by atoms with Crippen LogP contribution in [-0.4, -0.2) is 6.54 Å². The normalized spacial score (nSPS) is 12.6. The number of furan rings is 1. The molecule has 4 heteroatoms. The first-order valence-electron chi connectivity index (χ1n) is 6.40. The highest BCUT2D eigenvalue weighted by atomic mass is 79.9. The molecule has 1 atom stereocenters. The summed E-state index contributed by atoms with van der Waals surface area (Å²) in [6.07, 6.45) is 5.17. The number of hydrogen-bond donors (Lipinski definition) is 1. The Morgan fingerprint density at radius 2 is 2.21 bits per heavy atom. The zero-order chi connectivity index (χ0) is 13.7. The highest BCUT2D eigenvalue weighted by Crippen LogP contribution is 2.25. The lowest BCUT2D eigenvalue weighted by Gasteiger charge is -2.18. The van der Waals surface area contributed by atoms with E-state index in [0.717, 1.165) is 35.0 Å². The Balaban J connectivity index is 2.17. The fourth-order valence-corrected chi connectivity index (χ4v) is 2.43. The number of halogens is 2. The van der Waals surface area contributed by atoms with Crippen LogP contribution < -0.4 is 5.32 Å². The SMILES string of the molecule is CCCNC(Cc1cc(F)ccc1Br)c1ccoc1. The van der Waals surface area contributed by atoms with E-state index in [1.165, 1.54) is 6.07 Å². The monoisotopic (exact) mass is 325 g/mol. The van der Waals surface area contributed by atoms with Crippen molar-refractivity contribution in [2.24, 2.45) is 0 Å². The largest absolute Gasteiger partial charge is 0.472 e. The van der Waals surface area contributed by atoms with Crippen molar-refractivity contribution < 1.29 is 8.81 Å². The Morgan fingerprint density at radius 3 is 2.89 bits per heavy atom. The minimum Gasteiger partial charge on any atom is -0.472 e. The van der Waals surface area contributed by atoms with E-state index in [-0.39, 0.29) is 11.9 Å². The van der Waals surface area contributed by atoms with E-state index in [9.17, 15) is 4.39 Å². The van der Waals surface area contributed by atoms with Gasteiger partial charge in [-0.25, -0.2) is 4.39 Å². The summed E-state index contributed by atoms with van der Waals surface area (Å²) in [7, 11) is 0. The molecule has 0 saturated heterocycles. The number of benzene rings is 1. The van der Waals surface area contributed by atoms with E-state index in [1.54, 1.807) is 24.7 Å². The Labute approximate surface area is 121 Å². The third-order valence-corrected chi connectivity index (χ3v) is 3.79. The molecule has 0 saturated carbocycles. The second-order valence-electron chi connectivity index (χ2n) is 4.50. The van der Waals surface area contributed by atoms with Gasteiger partial charge in [0, 0.05) is 16.1 Å². The van der Waals surface area contributed by atoms with Gasteiger partial charge in [0.05, 0.1) is 12.5 Å². The molecule has 2 aromatic rings. The molecule has 1 aromatic heterocycles. The lowest BCUT2D eigenvalue weighted by Crippen LogP contribution is -2.23. The van der Waals surface area contributed by atoms with E-state index < -0.39 is 0 Å². The highest BCUT2D eigenvalue weighted by Gasteiger charge is 2.14. The molecule has 0 bridgehead atoms. The van der Waals surface area contributed by atoms with Crippen molar-refractivity contribution in [3.05, 3.63) is 58.2 Å². The van der Waals surface area contributed by atoms with Gasteiger partial charge in [-0.15, -0.1) is 0 Å². The van der Waals surface area contributed by atoms with Gasteiger partial charge in [-0.1, -0.05) is 22.9 Å². The Morgan fingerprint density at radius 1 is 1.37 bits per heavy atom. The quantitative estimate of drug-likeness (QED) is 0.847. The molecule has 102 valence electrons. The van der Waals surface area contributed by atoms with Gasteiger partial charge in [-0.05, 0) is 49.2 Å². The topological polar surface area (TPSA) is 25.2 Å². The molecule has 1 N–H and O–H groups in total. The van der Waals surface area contributed by atoms with Crippen LogP contribution >= 0.6 is 15.9 Å². The molecular weight excluding hydrogens is 309 g/mol. The summed E-state index contributed by atoms with van der Waals surface area (Å²) < 4.78 is 19.4. The second-order valence-corrected chi connectivity index (χ2v) is 5.36. The Bertz CT molecular complexity index is 513. The lowest BCUT2D eigenvalue weighted by atomic mass is 10.0. The highest BCUT2D eigenvalue weighted by molar-refractivity contribution is 9.10. The molecule has 0 aliphatic rings. The van der Waals surface area contributed by atoms with Crippen LogP contribution in [0.2, 0.25) is 0 Å². The number of hydrogen-bond acceptors (Lipinski definition) is 2. The van der Waals surface area contributed by atoms with Gasteiger partial charge in [-0.2, -0.15) is 0 Å². The first-order chi connectivity index (χ1) is 9.20. The number of nitrogens with one attached hydrogen (secondary N) is 1. The zero-order valence-electron chi connectivity index (χ0n) is 10.8. The maximum absolute atomic E-state index is 13.3. The van der Waals surface area contributed by atoms with Crippen LogP contribution in [0.1, 0.15) is 30.5 Å². The third kappa shape index (κ3) is 3.91. The fourth-order valence-electron chi connectivity index (χ4n) is 2.02. The summed E-state index contributed by atoms with van der Waals surface area (Å²) >= 11 is 3.47. The van der Waals surface area contributed by atoms with Crippen molar-refractivity contribution in [2.75, 3.05) is 6.54 Å². The summed E-state index contributed by atoms with van der Waals surface area (Å²) in [6.45, 7) is 3.04. The molecule has 0 amide bonds. The van der Waals surface area contributed by atoms with Crippen molar-refractivity contribution in [2.45, 2.75) is 25.8 Å². The van der Waals surface area contributed by atoms with Crippen LogP contribution in [0.4, 0.5) is 4.39 Å².